The first-order valence-electron chi connectivity index (χ1n) is 27.9. The number of esters is 1. The second kappa shape index (κ2) is 48.8. The van der Waals surface area contributed by atoms with Crippen molar-refractivity contribution in [2.24, 2.45) is 0 Å². The fraction of sp³-hybridized carbons (Fsp3) is 0.729. The second-order valence-corrected chi connectivity index (χ2v) is 21.2. The van der Waals surface area contributed by atoms with Gasteiger partial charge >= 0.3 is 13.8 Å². The number of likely N-dealkylation sites (N-methyl/N-ethyl adjacent to an activating group) is 1. The van der Waals surface area contributed by atoms with Crippen LogP contribution in [0.2, 0.25) is 0 Å². The molecule has 0 heterocycles. The molecule has 0 bridgehead atoms. The predicted octanol–water partition coefficient (Wildman–Crippen LogP) is 16.7. The van der Waals surface area contributed by atoms with E-state index in [0.29, 0.717) is 17.4 Å². The van der Waals surface area contributed by atoms with Crippen molar-refractivity contribution in [1.82, 2.24) is 5.32 Å². The summed E-state index contributed by atoms with van der Waals surface area (Å²) in [7, 11) is 1.47. The summed E-state index contributed by atoms with van der Waals surface area (Å²) >= 11 is 0. The maximum Gasteiger partial charge on any atom is 0.472 e. The van der Waals surface area contributed by atoms with Gasteiger partial charge in [0.25, 0.3) is 0 Å². The van der Waals surface area contributed by atoms with E-state index in [-0.39, 0.29) is 31.5 Å². The highest BCUT2D eigenvalue weighted by molar-refractivity contribution is 7.47. The number of phosphoric ester groups is 1. The molecule has 0 aromatic rings. The van der Waals surface area contributed by atoms with E-state index < -0.39 is 20.0 Å². The molecule has 10 heteroatoms. The van der Waals surface area contributed by atoms with Crippen molar-refractivity contribution in [3.05, 3.63) is 85.1 Å². The lowest BCUT2D eigenvalue weighted by Crippen LogP contribution is -2.47. The summed E-state index contributed by atoms with van der Waals surface area (Å²) in [4.78, 5) is 37.5. The Kier molecular flexibility index (Phi) is 46.8. The van der Waals surface area contributed by atoms with Crippen molar-refractivity contribution in [3.8, 4) is 0 Å². The van der Waals surface area contributed by atoms with Crippen LogP contribution in [0.5, 0.6) is 0 Å². The number of ether oxygens (including phenoxy) is 1. The van der Waals surface area contributed by atoms with E-state index in [1.54, 1.807) is 0 Å². The van der Waals surface area contributed by atoms with Gasteiger partial charge in [-0.1, -0.05) is 215 Å². The van der Waals surface area contributed by atoms with E-state index in [1.807, 2.05) is 33.3 Å². The maximum absolute atomic E-state index is 13.5. The van der Waals surface area contributed by atoms with Crippen LogP contribution in [-0.4, -0.2) is 74.3 Å². The third kappa shape index (κ3) is 49.9. The fourth-order valence-corrected chi connectivity index (χ4v) is 8.34. The molecule has 1 amide bonds. The van der Waals surface area contributed by atoms with E-state index in [1.165, 1.54) is 77.0 Å². The monoisotopic (exact) mass is 986 g/mol. The first kappa shape index (κ1) is 66.2. The van der Waals surface area contributed by atoms with Gasteiger partial charge < -0.3 is 19.4 Å². The number of unbranched alkanes of at least 4 members (excludes halogenated alkanes) is 23. The lowest BCUT2D eigenvalue weighted by atomic mass is 10.0. The molecule has 3 atom stereocenters. The Bertz CT molecular complexity index is 1460. The van der Waals surface area contributed by atoms with Crippen LogP contribution in [0.15, 0.2) is 85.1 Å². The van der Waals surface area contributed by atoms with Crippen LogP contribution < -0.4 is 5.32 Å². The van der Waals surface area contributed by atoms with Gasteiger partial charge in [-0.05, 0) is 83.1 Å². The summed E-state index contributed by atoms with van der Waals surface area (Å²) in [5, 5.41) is 3.03. The van der Waals surface area contributed by atoms with Crippen LogP contribution in [0, 0.1) is 0 Å². The number of hydrogen-bond donors (Lipinski definition) is 2. The van der Waals surface area contributed by atoms with Crippen LogP contribution in [0.3, 0.4) is 0 Å². The molecule has 0 saturated carbocycles. The summed E-state index contributed by atoms with van der Waals surface area (Å²) < 4.78 is 30.6. The maximum atomic E-state index is 13.5. The molecule has 0 spiro atoms. The Morgan fingerprint density at radius 1 is 0.536 bits per heavy atom. The number of allylic oxidation sites excluding steroid dienone is 13. The van der Waals surface area contributed by atoms with Gasteiger partial charge in [-0.2, -0.15) is 0 Å². The largest absolute Gasteiger partial charge is 0.472 e. The fourth-order valence-electron chi connectivity index (χ4n) is 7.60. The number of quaternary nitrogens is 1. The summed E-state index contributed by atoms with van der Waals surface area (Å²) in [5.74, 6) is -0.539. The SMILES string of the molecule is CC/C=C/C=C/C=C/CCCCCCCCCC(=O)OC(/C=C/CCCCCCCCCCCC)C(COP(=O)(O)OCC[N+](C)(C)C)NC(=O)CCCCCCCC/C=C/C/C=C/C/C=C/CC. The smallest absolute Gasteiger partial charge is 0.456 e. The average molecular weight is 986 g/mol. The van der Waals surface area contributed by atoms with Gasteiger partial charge in [0, 0.05) is 12.8 Å². The molecule has 398 valence electrons. The first-order valence-corrected chi connectivity index (χ1v) is 29.4. The van der Waals surface area contributed by atoms with Gasteiger partial charge in [0.1, 0.15) is 19.3 Å². The van der Waals surface area contributed by atoms with E-state index >= 15 is 0 Å². The molecule has 2 N–H and O–H groups in total. The van der Waals surface area contributed by atoms with Gasteiger partial charge in [0.05, 0.1) is 33.8 Å². The number of carbonyl (C=O) groups excluding carboxylic acids is 2. The molecule has 0 fully saturated rings. The van der Waals surface area contributed by atoms with Crippen LogP contribution in [0.4, 0.5) is 0 Å². The van der Waals surface area contributed by atoms with Gasteiger partial charge in [-0.15, -0.1) is 0 Å². The zero-order valence-corrected chi connectivity index (χ0v) is 46.2. The number of nitrogens with zero attached hydrogens (tertiary/aromatic N) is 1. The molecule has 9 nitrogen and oxygen atoms in total. The molecule has 3 unspecified atom stereocenters. The zero-order valence-electron chi connectivity index (χ0n) is 45.3. The third-order valence-electron chi connectivity index (χ3n) is 11.9. The number of phosphoric acid groups is 1. The standard InChI is InChI=1S/C59H105N2O7P/c1-7-10-13-16-19-22-25-28-30-32-33-36-39-42-45-48-51-58(62)60-56(55-67-69(64,65)66-54-53-61(4,5)6)57(50-47-44-41-38-35-27-24-21-18-15-12-9-3)68-59(63)52-49-46-43-40-37-34-31-29-26-23-20-17-14-11-8-2/h10-11,13-14,17,19-20,22-23,26,28,30,47,50,56-57H,7-9,12,15-16,18,21,24-25,27,29,31-46,48-49,51-55H2,1-6H3,(H-,60,62,64,65)/p+1/b13-10+,14-11+,20-17+,22-19+,26-23+,30-28+,50-47+. The second-order valence-electron chi connectivity index (χ2n) is 19.8. The lowest BCUT2D eigenvalue weighted by molar-refractivity contribution is -0.870. The number of nitrogens with one attached hydrogen (secondary N) is 1. The van der Waals surface area contributed by atoms with Gasteiger partial charge in [0.2, 0.25) is 5.91 Å². The van der Waals surface area contributed by atoms with Crippen LogP contribution in [-0.2, 0) is 27.9 Å². The minimum Gasteiger partial charge on any atom is -0.456 e. The lowest BCUT2D eigenvalue weighted by Gasteiger charge is -2.27. The summed E-state index contributed by atoms with van der Waals surface area (Å²) in [6.07, 6.45) is 62.9. The summed E-state index contributed by atoms with van der Waals surface area (Å²) in [5.41, 5.74) is 0. The van der Waals surface area contributed by atoms with Crippen molar-refractivity contribution >= 4 is 19.7 Å². The van der Waals surface area contributed by atoms with Crippen molar-refractivity contribution in [1.29, 1.82) is 0 Å². The molecular weight excluding hydrogens is 880 g/mol. The van der Waals surface area contributed by atoms with Crippen LogP contribution in [0.1, 0.15) is 226 Å². The Morgan fingerprint density at radius 3 is 1.55 bits per heavy atom. The molecule has 0 aromatic heterocycles. The highest BCUT2D eigenvalue weighted by Crippen LogP contribution is 2.43. The topological polar surface area (TPSA) is 111 Å². The number of rotatable bonds is 49. The first-order chi connectivity index (χ1) is 33.4. The van der Waals surface area contributed by atoms with Gasteiger partial charge in [-0.25, -0.2) is 4.57 Å². The predicted molar refractivity (Wildman–Crippen MR) is 295 cm³/mol. The Hall–Kier alpha value is -2.81. The van der Waals surface area contributed by atoms with E-state index in [9.17, 15) is 19.0 Å². The molecular formula is C59H106N2O7P+. The number of carbonyl (C=O) groups is 2. The van der Waals surface area contributed by atoms with Crippen molar-refractivity contribution in [2.75, 3.05) is 40.9 Å². The molecule has 0 aromatic carbocycles. The van der Waals surface area contributed by atoms with Gasteiger partial charge in [-0.3, -0.25) is 18.6 Å². The molecule has 0 radical (unpaired) electrons. The van der Waals surface area contributed by atoms with Crippen molar-refractivity contribution < 1.29 is 37.3 Å². The number of hydrogen-bond acceptors (Lipinski definition) is 6. The summed E-state index contributed by atoms with van der Waals surface area (Å²) in [6, 6.07) is -0.863. The summed E-state index contributed by atoms with van der Waals surface area (Å²) in [6.45, 7) is 6.74. The number of amides is 1. The minimum atomic E-state index is -4.45. The molecule has 0 saturated heterocycles. The zero-order chi connectivity index (χ0) is 50.8. The molecule has 0 aliphatic rings. The van der Waals surface area contributed by atoms with E-state index in [0.717, 1.165) is 116 Å². The van der Waals surface area contributed by atoms with Crippen molar-refractivity contribution in [3.63, 3.8) is 0 Å². The average Bonchev–Trinajstić information content (AvgIpc) is 3.31. The minimum absolute atomic E-state index is 0.0315. The molecule has 0 aliphatic carbocycles. The van der Waals surface area contributed by atoms with E-state index in [4.69, 9.17) is 13.8 Å². The molecule has 0 aliphatic heterocycles. The Morgan fingerprint density at radius 2 is 1.00 bits per heavy atom. The highest BCUT2D eigenvalue weighted by Gasteiger charge is 2.30. The quantitative estimate of drug-likeness (QED) is 0.0156. The van der Waals surface area contributed by atoms with Crippen molar-refractivity contribution in [2.45, 2.75) is 238 Å². The highest BCUT2D eigenvalue weighted by atomic mass is 31.2. The molecule has 0 rings (SSSR count). The third-order valence-corrected chi connectivity index (χ3v) is 12.9. The van der Waals surface area contributed by atoms with Crippen LogP contribution >= 0.6 is 7.82 Å². The Labute approximate surface area is 425 Å². The van der Waals surface area contributed by atoms with E-state index in [2.05, 4.69) is 99.0 Å². The van der Waals surface area contributed by atoms with Gasteiger partial charge in [0.15, 0.2) is 0 Å². The normalized spacial score (nSPS) is 14.5. The molecule has 69 heavy (non-hydrogen) atoms. The Balaban J connectivity index is 5.41. The van der Waals surface area contributed by atoms with Crippen LogP contribution in [0.25, 0.3) is 0 Å².